The molecule has 31 heavy (non-hydrogen) atoms. The van der Waals surface area contributed by atoms with Crippen molar-refractivity contribution in [3.63, 3.8) is 0 Å². The number of nitrogens with zero attached hydrogens (tertiary/aromatic N) is 3. The molecule has 9 heteroatoms. The van der Waals surface area contributed by atoms with Crippen LogP contribution in [-0.4, -0.2) is 85.9 Å². The molecule has 2 heterocycles. The first-order valence-electron chi connectivity index (χ1n) is 11.2. The van der Waals surface area contributed by atoms with E-state index in [-0.39, 0.29) is 41.1 Å². The van der Waals surface area contributed by atoms with Crippen LogP contribution < -0.4 is 0 Å². The number of rotatable bonds is 4. The van der Waals surface area contributed by atoms with E-state index in [1.54, 1.807) is 6.07 Å². The molecule has 0 radical (unpaired) electrons. The van der Waals surface area contributed by atoms with Crippen molar-refractivity contribution in [1.29, 1.82) is 0 Å². The van der Waals surface area contributed by atoms with Crippen LogP contribution in [0.2, 0.25) is 5.02 Å². The normalized spacial score (nSPS) is 27.0. The van der Waals surface area contributed by atoms with E-state index >= 15 is 0 Å². The quantitative estimate of drug-likeness (QED) is 0.678. The summed E-state index contributed by atoms with van der Waals surface area (Å²) in [5.74, 6) is -0.136. The number of amides is 1. The fraction of sp³-hybridized carbons (Fsp3) is 0.682. The third kappa shape index (κ3) is 4.93. The molecule has 2 atom stereocenters. The summed E-state index contributed by atoms with van der Waals surface area (Å²) in [5.41, 5.74) is 0.367. The highest BCUT2D eigenvalue weighted by molar-refractivity contribution is 7.89. The molecule has 0 bridgehead atoms. The second kappa shape index (κ2) is 9.35. The molecule has 2 saturated heterocycles. The van der Waals surface area contributed by atoms with Gasteiger partial charge in [0.1, 0.15) is 4.90 Å². The SMILES string of the molecule is CC1CN(S(=O)(=O)c2cc(C(=O)N3CCN(C4CCCC4)CC3)ccc2Cl)CC(C)O1. The van der Waals surface area contributed by atoms with E-state index in [4.69, 9.17) is 16.3 Å². The van der Waals surface area contributed by atoms with Gasteiger partial charge in [0, 0.05) is 50.9 Å². The number of carbonyl (C=O) groups excluding carboxylic acids is 1. The van der Waals surface area contributed by atoms with Crippen molar-refractivity contribution in [2.24, 2.45) is 0 Å². The fourth-order valence-electron chi connectivity index (χ4n) is 5.04. The highest BCUT2D eigenvalue weighted by atomic mass is 35.5. The average molecular weight is 470 g/mol. The van der Waals surface area contributed by atoms with Gasteiger partial charge in [0.15, 0.2) is 0 Å². The molecule has 1 aromatic carbocycles. The van der Waals surface area contributed by atoms with E-state index in [1.807, 2.05) is 18.7 Å². The Kier molecular flexibility index (Phi) is 6.93. The summed E-state index contributed by atoms with van der Waals surface area (Å²) in [6.07, 6.45) is 4.71. The van der Waals surface area contributed by atoms with Gasteiger partial charge in [0.25, 0.3) is 5.91 Å². The molecule has 172 valence electrons. The van der Waals surface area contributed by atoms with Gasteiger partial charge < -0.3 is 9.64 Å². The molecule has 1 aliphatic carbocycles. The van der Waals surface area contributed by atoms with E-state index < -0.39 is 10.0 Å². The standard InChI is InChI=1S/C22H32ClN3O4S/c1-16-14-26(15-17(2)30-16)31(28,29)21-13-18(7-8-20(21)23)22(27)25-11-9-24(10-12-25)19-5-3-4-6-19/h7-8,13,16-17,19H,3-6,9-12,14-15H2,1-2H3. The molecule has 2 unspecified atom stereocenters. The van der Waals surface area contributed by atoms with Crippen molar-refractivity contribution in [1.82, 2.24) is 14.1 Å². The third-order valence-electron chi connectivity index (χ3n) is 6.62. The smallest absolute Gasteiger partial charge is 0.253 e. The van der Waals surface area contributed by atoms with Gasteiger partial charge in [-0.3, -0.25) is 9.69 Å². The van der Waals surface area contributed by atoms with Crippen molar-refractivity contribution in [3.8, 4) is 0 Å². The first-order chi connectivity index (χ1) is 14.8. The zero-order chi connectivity index (χ0) is 22.2. The Bertz CT molecular complexity index is 901. The van der Waals surface area contributed by atoms with E-state index in [1.165, 1.54) is 42.1 Å². The number of carbonyl (C=O) groups is 1. The van der Waals surface area contributed by atoms with Gasteiger partial charge in [0.2, 0.25) is 10.0 Å². The van der Waals surface area contributed by atoms with Gasteiger partial charge in [-0.15, -0.1) is 0 Å². The summed E-state index contributed by atoms with van der Waals surface area (Å²) in [4.78, 5) is 17.4. The zero-order valence-corrected chi connectivity index (χ0v) is 19.9. The van der Waals surface area contributed by atoms with E-state index in [9.17, 15) is 13.2 Å². The average Bonchev–Trinajstić information content (AvgIpc) is 3.28. The number of ether oxygens (including phenoxy) is 1. The van der Waals surface area contributed by atoms with Crippen molar-refractivity contribution in [2.75, 3.05) is 39.3 Å². The lowest BCUT2D eigenvalue weighted by molar-refractivity contribution is -0.0440. The van der Waals surface area contributed by atoms with Crippen LogP contribution in [-0.2, 0) is 14.8 Å². The van der Waals surface area contributed by atoms with Crippen LogP contribution in [0, 0.1) is 0 Å². The summed E-state index contributed by atoms with van der Waals surface area (Å²) in [7, 11) is -3.82. The number of benzene rings is 1. The predicted octanol–water partition coefficient (Wildman–Crippen LogP) is 2.84. The number of hydrogen-bond donors (Lipinski definition) is 0. The van der Waals surface area contributed by atoms with E-state index in [2.05, 4.69) is 4.90 Å². The Hall–Kier alpha value is -1.19. The second-order valence-electron chi connectivity index (χ2n) is 8.99. The van der Waals surface area contributed by atoms with Gasteiger partial charge in [-0.1, -0.05) is 24.4 Å². The van der Waals surface area contributed by atoms with Crippen LogP contribution in [0.5, 0.6) is 0 Å². The zero-order valence-electron chi connectivity index (χ0n) is 18.3. The minimum atomic E-state index is -3.82. The Labute approximate surface area is 190 Å². The van der Waals surface area contributed by atoms with Crippen molar-refractivity contribution in [2.45, 2.75) is 62.7 Å². The Morgan fingerprint density at radius 2 is 1.65 bits per heavy atom. The lowest BCUT2D eigenvalue weighted by Crippen LogP contribution is -2.51. The number of morpholine rings is 1. The molecular weight excluding hydrogens is 438 g/mol. The van der Waals surface area contributed by atoms with Crippen LogP contribution in [0.25, 0.3) is 0 Å². The molecule has 2 aliphatic heterocycles. The van der Waals surface area contributed by atoms with Gasteiger partial charge in [-0.05, 0) is 44.9 Å². The maximum absolute atomic E-state index is 13.3. The number of piperazine rings is 1. The minimum Gasteiger partial charge on any atom is -0.373 e. The Morgan fingerprint density at radius 3 is 2.26 bits per heavy atom. The van der Waals surface area contributed by atoms with Crippen molar-refractivity contribution >= 4 is 27.5 Å². The Morgan fingerprint density at radius 1 is 1.03 bits per heavy atom. The van der Waals surface area contributed by atoms with Crippen LogP contribution in [0.15, 0.2) is 23.1 Å². The monoisotopic (exact) mass is 469 g/mol. The van der Waals surface area contributed by atoms with Crippen molar-refractivity contribution < 1.29 is 17.9 Å². The van der Waals surface area contributed by atoms with Crippen LogP contribution in [0.4, 0.5) is 0 Å². The molecule has 0 aromatic heterocycles. The summed E-state index contributed by atoms with van der Waals surface area (Å²) in [6, 6.07) is 5.23. The molecule has 1 aromatic rings. The number of halogens is 1. The van der Waals surface area contributed by atoms with Crippen LogP contribution >= 0.6 is 11.6 Å². The molecule has 1 amide bonds. The van der Waals surface area contributed by atoms with Gasteiger partial charge in [0.05, 0.1) is 17.2 Å². The van der Waals surface area contributed by atoms with E-state index in [0.717, 1.165) is 13.1 Å². The molecule has 1 saturated carbocycles. The number of hydrogen-bond acceptors (Lipinski definition) is 5. The maximum atomic E-state index is 13.3. The first kappa shape index (κ1) is 23.0. The molecule has 3 aliphatic rings. The summed E-state index contributed by atoms with van der Waals surface area (Å²) in [6.45, 7) is 7.32. The number of sulfonamides is 1. The Balaban J connectivity index is 1.49. The maximum Gasteiger partial charge on any atom is 0.253 e. The molecular formula is C22H32ClN3O4S. The van der Waals surface area contributed by atoms with Gasteiger partial charge in [-0.2, -0.15) is 4.31 Å². The lowest BCUT2D eigenvalue weighted by Gasteiger charge is -2.38. The second-order valence-corrected chi connectivity index (χ2v) is 11.3. The fourth-order valence-corrected chi connectivity index (χ4v) is 7.13. The largest absolute Gasteiger partial charge is 0.373 e. The van der Waals surface area contributed by atoms with Crippen LogP contribution in [0.3, 0.4) is 0 Å². The first-order valence-corrected chi connectivity index (χ1v) is 13.1. The molecule has 3 fully saturated rings. The summed E-state index contributed by atoms with van der Waals surface area (Å²) in [5, 5.41) is 0.134. The van der Waals surface area contributed by atoms with Gasteiger partial charge in [-0.25, -0.2) is 8.42 Å². The van der Waals surface area contributed by atoms with Crippen LogP contribution in [0.1, 0.15) is 49.9 Å². The lowest BCUT2D eigenvalue weighted by atomic mass is 10.1. The highest BCUT2D eigenvalue weighted by Gasteiger charge is 2.34. The minimum absolute atomic E-state index is 0.00842. The topological polar surface area (TPSA) is 70.2 Å². The molecule has 0 spiro atoms. The predicted molar refractivity (Wildman–Crippen MR) is 120 cm³/mol. The van der Waals surface area contributed by atoms with Gasteiger partial charge >= 0.3 is 0 Å². The van der Waals surface area contributed by atoms with E-state index in [0.29, 0.717) is 24.7 Å². The van der Waals surface area contributed by atoms with Crippen molar-refractivity contribution in [3.05, 3.63) is 28.8 Å². The third-order valence-corrected chi connectivity index (χ3v) is 8.94. The summed E-state index contributed by atoms with van der Waals surface area (Å²) >= 11 is 6.29. The highest BCUT2D eigenvalue weighted by Crippen LogP contribution is 2.29. The molecule has 7 nitrogen and oxygen atoms in total. The summed E-state index contributed by atoms with van der Waals surface area (Å²) < 4.78 is 33.7. The molecule has 0 N–H and O–H groups in total. The molecule has 4 rings (SSSR count).